The number of fused-ring (bicyclic) bond motifs is 5. The topological polar surface area (TPSA) is 22.0 Å². The average Bonchev–Trinajstić information content (AvgIpc) is 3.78. The Balaban J connectivity index is 1.15. The van der Waals surface area contributed by atoms with E-state index in [1.165, 1.54) is 75.9 Å². The highest BCUT2D eigenvalue weighted by Gasteiger charge is 2.47. The van der Waals surface area contributed by atoms with Gasteiger partial charge in [0.15, 0.2) is 15.2 Å². The summed E-state index contributed by atoms with van der Waals surface area (Å²) in [5.74, 6) is 0. The quantitative estimate of drug-likeness (QED) is 0.0802. The van der Waals surface area contributed by atoms with Crippen molar-refractivity contribution in [3.05, 3.63) is 288 Å². The number of hydrogen-bond acceptors (Lipinski definition) is 1. The molecule has 0 bridgehead atoms. The molecule has 12 rings (SSSR count). The standard InChI is InChI=1S/C73H68NOPSi/c1-70(2,3)51-33-43-59(44-34-51)77(60-45-35-52(36-46-60)71(4,5)6,61-47-37-53(38-48-61)72(7,8)9)62-49-39-55(40-50-62)73(54-31-41-58(42-32-54)76(75,56-21-12-10-13-22-56)57-23-14-11-15-24-57)65-27-17-19-30-68(65)74-67-29-18-16-25-63(67)64-26-20-28-66(73)69(64)74/h10-50H,1-9H3. The molecule has 0 aliphatic carbocycles. The third-order valence-electron chi connectivity index (χ3n) is 16.9. The lowest BCUT2D eigenvalue weighted by Gasteiger charge is -2.42. The lowest BCUT2D eigenvalue weighted by Crippen LogP contribution is -2.74. The van der Waals surface area contributed by atoms with Gasteiger partial charge in [-0.25, -0.2) is 0 Å². The van der Waals surface area contributed by atoms with E-state index in [1.807, 2.05) is 60.7 Å². The Bertz CT molecular complexity index is 3820. The van der Waals surface area contributed by atoms with Crippen molar-refractivity contribution in [2.45, 2.75) is 84.0 Å². The van der Waals surface area contributed by atoms with Crippen LogP contribution in [0.25, 0.3) is 27.5 Å². The molecule has 1 aromatic heterocycles. The Labute approximate surface area is 457 Å². The minimum atomic E-state index is -3.26. The van der Waals surface area contributed by atoms with Gasteiger partial charge in [0, 0.05) is 26.7 Å². The molecule has 0 N–H and O–H groups in total. The van der Waals surface area contributed by atoms with Crippen LogP contribution in [-0.4, -0.2) is 12.6 Å². The molecule has 11 aromatic rings. The zero-order valence-electron chi connectivity index (χ0n) is 46.0. The molecule has 10 aromatic carbocycles. The molecule has 380 valence electrons. The van der Waals surface area contributed by atoms with Crippen LogP contribution in [0.15, 0.2) is 249 Å². The van der Waals surface area contributed by atoms with Gasteiger partial charge in [-0.2, -0.15) is 0 Å². The number of benzene rings is 10. The van der Waals surface area contributed by atoms with Gasteiger partial charge in [-0.15, -0.1) is 0 Å². The summed E-state index contributed by atoms with van der Waals surface area (Å²) in [4.78, 5) is 0. The van der Waals surface area contributed by atoms with Crippen molar-refractivity contribution in [2.24, 2.45) is 0 Å². The summed E-state index contributed by atoms with van der Waals surface area (Å²) in [6, 6.07) is 92.5. The second-order valence-corrected chi connectivity index (χ2v) is 31.0. The van der Waals surface area contributed by atoms with E-state index in [9.17, 15) is 0 Å². The highest BCUT2D eigenvalue weighted by molar-refractivity contribution is 7.85. The average molecular weight is 1030 g/mol. The molecule has 0 spiro atoms. The van der Waals surface area contributed by atoms with Gasteiger partial charge in [-0.1, -0.05) is 299 Å². The predicted octanol–water partition coefficient (Wildman–Crippen LogP) is 14.4. The molecule has 77 heavy (non-hydrogen) atoms. The fourth-order valence-electron chi connectivity index (χ4n) is 12.8. The smallest absolute Gasteiger partial charge is 0.179 e. The maximum Gasteiger partial charge on any atom is 0.179 e. The normalized spacial score (nSPS) is 14.9. The molecule has 0 amide bonds. The summed E-state index contributed by atoms with van der Waals surface area (Å²) >= 11 is 0. The summed E-state index contributed by atoms with van der Waals surface area (Å²) in [5, 5.41) is 10.3. The minimum absolute atomic E-state index is 0.00447. The van der Waals surface area contributed by atoms with Crippen molar-refractivity contribution in [3.8, 4) is 5.69 Å². The summed E-state index contributed by atoms with van der Waals surface area (Å²) in [6.07, 6.45) is 0. The van der Waals surface area contributed by atoms with Crippen molar-refractivity contribution in [1.29, 1.82) is 0 Å². The Hall–Kier alpha value is -7.55. The second-order valence-electron chi connectivity index (χ2n) is 24.5. The molecule has 0 fully saturated rings. The number of aromatic nitrogens is 1. The highest BCUT2D eigenvalue weighted by Crippen LogP contribution is 2.54. The van der Waals surface area contributed by atoms with Gasteiger partial charge in [0.1, 0.15) is 0 Å². The number of nitrogens with zero attached hydrogens (tertiary/aromatic N) is 1. The van der Waals surface area contributed by atoms with E-state index in [2.05, 4.69) is 255 Å². The Morgan fingerprint density at radius 3 is 1.18 bits per heavy atom. The largest absolute Gasteiger partial charge is 0.309 e. The van der Waals surface area contributed by atoms with Crippen molar-refractivity contribution in [3.63, 3.8) is 0 Å². The molecule has 1 unspecified atom stereocenters. The van der Waals surface area contributed by atoms with Gasteiger partial charge >= 0.3 is 0 Å². The maximum absolute atomic E-state index is 16.0. The molecule has 4 heteroatoms. The summed E-state index contributed by atoms with van der Waals surface area (Å²) in [6.45, 7) is 20.7. The second kappa shape index (κ2) is 18.6. The monoisotopic (exact) mass is 1030 g/mol. The van der Waals surface area contributed by atoms with Gasteiger partial charge in [0.2, 0.25) is 0 Å². The maximum atomic E-state index is 16.0. The van der Waals surface area contributed by atoms with Crippen LogP contribution in [0.1, 0.15) is 101 Å². The Morgan fingerprint density at radius 2 is 0.714 bits per heavy atom. The molecule has 2 nitrogen and oxygen atoms in total. The van der Waals surface area contributed by atoms with Crippen LogP contribution in [0.3, 0.4) is 0 Å². The molecular weight excluding hydrogens is 966 g/mol. The molecule has 0 radical (unpaired) electrons. The number of hydrogen-bond donors (Lipinski definition) is 0. The fourth-order valence-corrected chi connectivity index (χ4v) is 20.1. The molecule has 0 saturated heterocycles. The summed E-state index contributed by atoms with van der Waals surface area (Å²) in [5.41, 5.74) is 11.5. The first-order valence-electron chi connectivity index (χ1n) is 27.4. The Morgan fingerprint density at radius 1 is 0.351 bits per heavy atom. The third kappa shape index (κ3) is 7.99. The Kier molecular flexibility index (Phi) is 12.1. The first kappa shape index (κ1) is 50.3. The van der Waals surface area contributed by atoms with E-state index in [4.69, 9.17) is 0 Å². The lowest BCUT2D eigenvalue weighted by atomic mass is 9.63. The molecule has 1 aliphatic heterocycles. The SMILES string of the molecule is CC(C)(C)c1ccc([Si](c2ccc(C(C)(C)C)cc2)(c2ccc(C(C)(C)C)cc2)c2ccc(C3(c4ccc(P(=O)(c5ccccc5)c5ccccc5)cc4)c4ccccc4-n4c5ccccc5c5cccc3c54)cc2)cc1. The highest BCUT2D eigenvalue weighted by atomic mass is 31.2. The van der Waals surface area contributed by atoms with E-state index in [1.54, 1.807) is 0 Å². The van der Waals surface area contributed by atoms with Crippen molar-refractivity contribution in [1.82, 2.24) is 4.57 Å². The molecule has 2 heterocycles. The summed E-state index contributed by atoms with van der Waals surface area (Å²) < 4.78 is 18.5. The van der Waals surface area contributed by atoms with Gasteiger partial charge < -0.3 is 9.13 Å². The molecule has 1 aliphatic rings. The fraction of sp³-hybridized carbons (Fsp3) is 0.178. The molecular formula is C73H68NOPSi. The van der Waals surface area contributed by atoms with Crippen LogP contribution in [0.5, 0.6) is 0 Å². The zero-order valence-corrected chi connectivity index (χ0v) is 47.9. The van der Waals surface area contributed by atoms with Crippen molar-refractivity contribution >= 4 is 73.7 Å². The van der Waals surface area contributed by atoms with E-state index in [0.29, 0.717) is 0 Å². The van der Waals surface area contributed by atoms with Gasteiger partial charge in [0.05, 0.1) is 22.1 Å². The van der Waals surface area contributed by atoms with E-state index in [0.717, 1.165) is 27.2 Å². The van der Waals surface area contributed by atoms with E-state index < -0.39 is 20.6 Å². The third-order valence-corrected chi connectivity index (χ3v) is 24.7. The van der Waals surface area contributed by atoms with Crippen LogP contribution in [-0.2, 0) is 26.2 Å². The van der Waals surface area contributed by atoms with E-state index in [-0.39, 0.29) is 16.2 Å². The van der Waals surface area contributed by atoms with Gasteiger partial charge in [0.25, 0.3) is 0 Å². The minimum Gasteiger partial charge on any atom is -0.309 e. The zero-order chi connectivity index (χ0) is 53.5. The van der Waals surface area contributed by atoms with Crippen LogP contribution in [0.2, 0.25) is 0 Å². The number of para-hydroxylation sites is 3. The lowest BCUT2D eigenvalue weighted by molar-refractivity contribution is 0.590. The van der Waals surface area contributed by atoms with Crippen molar-refractivity contribution < 1.29 is 4.57 Å². The van der Waals surface area contributed by atoms with Crippen LogP contribution < -0.4 is 36.7 Å². The van der Waals surface area contributed by atoms with Crippen LogP contribution in [0, 0.1) is 0 Å². The predicted molar refractivity (Wildman–Crippen MR) is 332 cm³/mol. The summed E-state index contributed by atoms with van der Waals surface area (Å²) in [7, 11) is -6.32. The van der Waals surface area contributed by atoms with Crippen LogP contribution >= 0.6 is 7.14 Å². The first-order valence-corrected chi connectivity index (χ1v) is 31.1. The van der Waals surface area contributed by atoms with Gasteiger partial charge in [-0.3, -0.25) is 0 Å². The van der Waals surface area contributed by atoms with E-state index >= 15 is 4.57 Å². The van der Waals surface area contributed by atoms with Crippen LogP contribution in [0.4, 0.5) is 0 Å². The molecule has 1 atom stereocenters. The van der Waals surface area contributed by atoms with Crippen molar-refractivity contribution in [2.75, 3.05) is 0 Å². The number of rotatable bonds is 9. The molecule has 0 saturated carbocycles. The van der Waals surface area contributed by atoms with Gasteiger partial charge in [-0.05, 0) is 88.1 Å². The first-order chi connectivity index (χ1) is 37.0.